The Labute approximate surface area is 130 Å². The van der Waals surface area contributed by atoms with Crippen LogP contribution in [0.15, 0.2) is 12.4 Å². The highest BCUT2D eigenvalue weighted by Gasteiger charge is 2.24. The van der Waals surface area contributed by atoms with Crippen LogP contribution in [0, 0.1) is 5.92 Å². The van der Waals surface area contributed by atoms with E-state index in [0.717, 1.165) is 31.8 Å². The first-order chi connectivity index (χ1) is 10.6. The van der Waals surface area contributed by atoms with Crippen molar-refractivity contribution >= 4 is 11.8 Å². The molecule has 0 radical (unpaired) electrons. The molecule has 3 rings (SSSR count). The molecule has 1 unspecified atom stereocenters. The summed E-state index contributed by atoms with van der Waals surface area (Å²) >= 11 is 0. The molecule has 2 aliphatic heterocycles. The lowest BCUT2D eigenvalue weighted by Crippen LogP contribution is -2.52. The number of nitrogens with zero attached hydrogens (tertiary/aromatic N) is 4. The zero-order valence-electron chi connectivity index (χ0n) is 13.0. The van der Waals surface area contributed by atoms with E-state index >= 15 is 0 Å². The summed E-state index contributed by atoms with van der Waals surface area (Å²) in [6.45, 7) is 3.60. The Hall–Kier alpha value is -1.89. The molecule has 0 saturated carbocycles. The van der Waals surface area contributed by atoms with Crippen LogP contribution in [0.2, 0.25) is 0 Å². The summed E-state index contributed by atoms with van der Waals surface area (Å²) < 4.78 is 2.21. The lowest BCUT2D eigenvalue weighted by molar-refractivity contribution is -0.138. The predicted molar refractivity (Wildman–Crippen MR) is 81.1 cm³/mol. The molecular formula is C15H23N5O2. The first kappa shape index (κ1) is 15.0. The molecule has 1 atom stereocenters. The molecule has 7 nitrogen and oxygen atoms in total. The summed E-state index contributed by atoms with van der Waals surface area (Å²) in [5.41, 5.74) is 0. The molecule has 1 aromatic rings. The topological polar surface area (TPSA) is 70.5 Å². The number of imidazole rings is 1. The third-order valence-electron chi connectivity index (χ3n) is 4.40. The molecule has 7 heteroatoms. The second kappa shape index (κ2) is 6.48. The quantitative estimate of drug-likeness (QED) is 0.801. The monoisotopic (exact) mass is 305 g/mol. The number of amides is 2. The van der Waals surface area contributed by atoms with Gasteiger partial charge in [-0.2, -0.15) is 0 Å². The van der Waals surface area contributed by atoms with Crippen LogP contribution in [0.4, 0.5) is 0 Å². The van der Waals surface area contributed by atoms with Gasteiger partial charge in [0.15, 0.2) is 0 Å². The van der Waals surface area contributed by atoms with Crippen molar-refractivity contribution < 1.29 is 9.59 Å². The van der Waals surface area contributed by atoms with Gasteiger partial charge in [0.25, 0.3) is 0 Å². The predicted octanol–water partition coefficient (Wildman–Crippen LogP) is -0.664. The van der Waals surface area contributed by atoms with Crippen LogP contribution in [0.1, 0.15) is 12.2 Å². The number of aromatic nitrogens is 2. The van der Waals surface area contributed by atoms with Gasteiger partial charge in [0.1, 0.15) is 5.82 Å². The van der Waals surface area contributed by atoms with E-state index < -0.39 is 0 Å². The SMILES string of the molecule is CN(CC(=O)N1CCNC(=O)C1)CC1CCc2nccn2C1. The van der Waals surface area contributed by atoms with E-state index in [0.29, 0.717) is 25.6 Å². The smallest absolute Gasteiger partial charge is 0.239 e. The number of carbonyl (C=O) groups excluding carboxylic acids is 2. The zero-order chi connectivity index (χ0) is 15.5. The van der Waals surface area contributed by atoms with Crippen molar-refractivity contribution in [2.45, 2.75) is 19.4 Å². The van der Waals surface area contributed by atoms with E-state index in [1.54, 1.807) is 4.90 Å². The van der Waals surface area contributed by atoms with Gasteiger partial charge >= 0.3 is 0 Å². The van der Waals surface area contributed by atoms with E-state index in [9.17, 15) is 9.59 Å². The van der Waals surface area contributed by atoms with Crippen molar-refractivity contribution in [2.75, 3.05) is 39.8 Å². The average molecular weight is 305 g/mol. The molecule has 1 fully saturated rings. The highest BCUT2D eigenvalue weighted by atomic mass is 16.2. The number of hydrogen-bond acceptors (Lipinski definition) is 4. The molecule has 0 spiro atoms. The molecule has 2 aliphatic rings. The molecule has 1 N–H and O–H groups in total. The molecule has 22 heavy (non-hydrogen) atoms. The number of aryl methyl sites for hydroxylation is 1. The third kappa shape index (κ3) is 3.47. The maximum atomic E-state index is 12.2. The molecule has 1 saturated heterocycles. The van der Waals surface area contributed by atoms with Crippen LogP contribution >= 0.6 is 0 Å². The summed E-state index contributed by atoms with van der Waals surface area (Å²) in [6, 6.07) is 0. The first-order valence-corrected chi connectivity index (χ1v) is 7.85. The van der Waals surface area contributed by atoms with Gasteiger partial charge in [-0.3, -0.25) is 14.5 Å². The molecule has 0 aromatic carbocycles. The molecular weight excluding hydrogens is 282 g/mol. The maximum absolute atomic E-state index is 12.2. The van der Waals surface area contributed by atoms with E-state index in [1.807, 2.05) is 19.4 Å². The minimum atomic E-state index is -0.0674. The van der Waals surface area contributed by atoms with Crippen LogP contribution in [-0.2, 0) is 22.6 Å². The molecule has 3 heterocycles. The molecule has 0 bridgehead atoms. The fourth-order valence-corrected chi connectivity index (χ4v) is 3.27. The Balaban J connectivity index is 1.47. The van der Waals surface area contributed by atoms with Crippen molar-refractivity contribution in [1.82, 2.24) is 24.7 Å². The fraction of sp³-hybridized carbons (Fsp3) is 0.667. The number of nitrogens with one attached hydrogen (secondary N) is 1. The van der Waals surface area contributed by atoms with Crippen LogP contribution in [0.3, 0.4) is 0 Å². The van der Waals surface area contributed by atoms with E-state index in [4.69, 9.17) is 0 Å². The van der Waals surface area contributed by atoms with Crippen molar-refractivity contribution in [3.63, 3.8) is 0 Å². The lowest BCUT2D eigenvalue weighted by Gasteiger charge is -2.31. The van der Waals surface area contributed by atoms with E-state index in [2.05, 4.69) is 19.8 Å². The van der Waals surface area contributed by atoms with Gasteiger partial charge in [0, 0.05) is 45.0 Å². The van der Waals surface area contributed by atoms with Gasteiger partial charge in [-0.25, -0.2) is 4.98 Å². The van der Waals surface area contributed by atoms with Gasteiger partial charge in [0.05, 0.1) is 13.1 Å². The number of carbonyl (C=O) groups is 2. The lowest BCUT2D eigenvalue weighted by atomic mass is 9.99. The number of rotatable bonds is 4. The van der Waals surface area contributed by atoms with Gasteiger partial charge in [-0.1, -0.05) is 0 Å². The Morgan fingerprint density at radius 3 is 3.23 bits per heavy atom. The normalized spacial score (nSPS) is 21.6. The molecule has 2 amide bonds. The minimum absolute atomic E-state index is 0.0384. The Morgan fingerprint density at radius 1 is 1.55 bits per heavy atom. The van der Waals surface area contributed by atoms with E-state index in [1.165, 1.54) is 0 Å². The van der Waals surface area contributed by atoms with Crippen molar-refractivity contribution in [2.24, 2.45) is 5.92 Å². The Morgan fingerprint density at radius 2 is 2.41 bits per heavy atom. The van der Waals surface area contributed by atoms with Gasteiger partial charge in [-0.05, 0) is 19.4 Å². The van der Waals surface area contributed by atoms with Crippen LogP contribution < -0.4 is 5.32 Å². The van der Waals surface area contributed by atoms with Gasteiger partial charge < -0.3 is 14.8 Å². The highest BCUT2D eigenvalue weighted by Crippen LogP contribution is 2.19. The van der Waals surface area contributed by atoms with Crippen LogP contribution in [0.25, 0.3) is 0 Å². The highest BCUT2D eigenvalue weighted by molar-refractivity contribution is 5.86. The number of fused-ring (bicyclic) bond motifs is 1. The largest absolute Gasteiger partial charge is 0.353 e. The van der Waals surface area contributed by atoms with Crippen molar-refractivity contribution in [3.8, 4) is 0 Å². The summed E-state index contributed by atoms with van der Waals surface area (Å²) in [5, 5.41) is 2.74. The molecule has 0 aliphatic carbocycles. The summed E-state index contributed by atoms with van der Waals surface area (Å²) in [5.74, 6) is 1.68. The second-order valence-electron chi connectivity index (χ2n) is 6.26. The summed E-state index contributed by atoms with van der Waals surface area (Å²) in [7, 11) is 1.98. The third-order valence-corrected chi connectivity index (χ3v) is 4.40. The van der Waals surface area contributed by atoms with Gasteiger partial charge in [-0.15, -0.1) is 0 Å². The first-order valence-electron chi connectivity index (χ1n) is 7.85. The van der Waals surface area contributed by atoms with Crippen molar-refractivity contribution in [3.05, 3.63) is 18.2 Å². The van der Waals surface area contributed by atoms with E-state index in [-0.39, 0.29) is 18.4 Å². The maximum Gasteiger partial charge on any atom is 0.239 e. The fourth-order valence-electron chi connectivity index (χ4n) is 3.27. The summed E-state index contributed by atoms with van der Waals surface area (Å²) in [4.78, 5) is 31.6. The molecule has 120 valence electrons. The number of piperazine rings is 1. The average Bonchev–Trinajstić information content (AvgIpc) is 2.94. The number of hydrogen-bond donors (Lipinski definition) is 1. The molecule has 1 aromatic heterocycles. The van der Waals surface area contributed by atoms with Crippen molar-refractivity contribution in [1.29, 1.82) is 0 Å². The van der Waals surface area contributed by atoms with Crippen LogP contribution in [-0.4, -0.2) is 70.9 Å². The standard InChI is InChI=1S/C15H23N5O2/c1-18(11-15(22)20-7-5-17-14(21)10-20)8-12-2-3-13-16-4-6-19(13)9-12/h4,6,12H,2-3,5,7-11H2,1H3,(H,17,21). The van der Waals surface area contributed by atoms with Crippen LogP contribution in [0.5, 0.6) is 0 Å². The Kier molecular flexibility index (Phi) is 4.42. The van der Waals surface area contributed by atoms with Gasteiger partial charge in [0.2, 0.25) is 11.8 Å². The minimum Gasteiger partial charge on any atom is -0.353 e. The second-order valence-corrected chi connectivity index (χ2v) is 6.26. The zero-order valence-corrected chi connectivity index (χ0v) is 13.0. The Bertz CT molecular complexity index is 556. The number of likely N-dealkylation sites (N-methyl/N-ethyl adjacent to an activating group) is 1. The summed E-state index contributed by atoms with van der Waals surface area (Å²) in [6.07, 6.45) is 6.00.